The quantitative estimate of drug-likeness (QED) is 0.0439. The number of thioether (sulfide) groups is 1. The number of benzene rings is 2. The van der Waals surface area contributed by atoms with E-state index in [2.05, 4.69) is 26.2 Å². The van der Waals surface area contributed by atoms with E-state index in [0.29, 0.717) is 10.0 Å². The molecule has 2 rings (SSSR count). The van der Waals surface area contributed by atoms with Crippen molar-refractivity contribution in [2.24, 2.45) is 0 Å². The van der Waals surface area contributed by atoms with Crippen molar-refractivity contribution in [1.82, 2.24) is 16.0 Å². The molecule has 0 aliphatic carbocycles. The molecule has 4 amide bonds. The van der Waals surface area contributed by atoms with Crippen LogP contribution in [0.3, 0.4) is 0 Å². The number of rotatable bonds is 16. The first-order valence-electron chi connectivity index (χ1n) is 12.3. The maximum atomic E-state index is 12.7. The molecular formula is C25H28AsIN4O11S. The number of halogens is 1. The van der Waals surface area contributed by atoms with E-state index < -0.39 is 76.0 Å². The molecule has 43 heavy (non-hydrogen) atoms. The van der Waals surface area contributed by atoms with Gasteiger partial charge in [0, 0.05) is 15.6 Å². The normalized spacial score (nSPS) is 12.0. The first-order valence-corrected chi connectivity index (χ1v) is 17.1. The summed E-state index contributed by atoms with van der Waals surface area (Å²) < 4.78 is 19.7. The van der Waals surface area contributed by atoms with Gasteiger partial charge in [0.05, 0.1) is 0 Å². The summed E-state index contributed by atoms with van der Waals surface area (Å²) in [6, 6.07) is 9.71. The van der Waals surface area contributed by atoms with Gasteiger partial charge in [-0.2, -0.15) is 5.26 Å². The topological polar surface area (TPSA) is 241 Å². The van der Waals surface area contributed by atoms with Crippen LogP contribution < -0.4 is 25.6 Å². The third-order valence-electron chi connectivity index (χ3n) is 5.39. The van der Waals surface area contributed by atoms with Crippen molar-refractivity contribution in [2.45, 2.75) is 24.9 Å². The van der Waals surface area contributed by atoms with Crippen LogP contribution in [0.15, 0.2) is 48.5 Å². The number of nitrogens with one attached hydrogen (secondary N) is 4. The summed E-state index contributed by atoms with van der Waals surface area (Å²) in [5.74, 6) is -5.48. The number of carbonyl (C=O) groups is 6. The average Bonchev–Trinajstić information content (AvgIpc) is 2.97. The number of carbonyl (C=O) groups excluding carboxylic acids is 5. The molecule has 0 saturated heterocycles. The van der Waals surface area contributed by atoms with Crippen LogP contribution >= 0.6 is 34.4 Å². The standard InChI is InChI=1S/C25H28AsIN4O11S/c27-16-3-1-2-14(10-16)23(36)31-18(25(38)42-41)8-9-20(32)30-19(24(37)28-11-22(34)35)12-43-13-21(33)29-17-6-4-15(5-7-17)26(39)40/h1-7,10,18-19,39-41H,8-9,11-13H2,(H,28,37)(H,29,33)(H,30,32)(H,31,36)(H,34,35)/t18-,19-/m0/s1/i27-4. The van der Waals surface area contributed by atoms with E-state index in [9.17, 15) is 37.0 Å². The Kier molecular flexibility index (Phi) is 15.4. The summed E-state index contributed by atoms with van der Waals surface area (Å²) in [6.45, 7) is -0.716. The Bertz CT molecular complexity index is 1320. The van der Waals surface area contributed by atoms with Crippen molar-refractivity contribution in [3.05, 3.63) is 57.7 Å². The Morgan fingerprint density at radius 3 is 2.26 bits per heavy atom. The first kappa shape index (κ1) is 36.0. The van der Waals surface area contributed by atoms with E-state index in [1.807, 2.05) is 22.6 Å². The van der Waals surface area contributed by atoms with E-state index in [1.54, 1.807) is 18.2 Å². The monoisotopic (exact) mass is 790 g/mol. The Morgan fingerprint density at radius 2 is 1.65 bits per heavy atom. The summed E-state index contributed by atoms with van der Waals surface area (Å²) in [5.41, 5.74) is 0.630. The summed E-state index contributed by atoms with van der Waals surface area (Å²) in [7, 11) is 0. The van der Waals surface area contributed by atoms with Gasteiger partial charge in [-0.05, 0) is 47.2 Å². The SMILES string of the molecule is O=C(O)CNC(=O)[C@H](CSCC(=O)Nc1ccc([As](O)O)cc1)NC(=O)CC[C@H](NC(=O)c1cccc([123I])c1)C(=O)OO. The molecule has 0 heterocycles. The molecule has 0 spiro atoms. The van der Waals surface area contributed by atoms with Gasteiger partial charge in [-0.25, -0.2) is 4.79 Å². The number of hydrogen-bond donors (Lipinski definition) is 8. The molecule has 0 aliphatic rings. The van der Waals surface area contributed by atoms with E-state index >= 15 is 0 Å². The minimum absolute atomic E-state index is 0.127. The van der Waals surface area contributed by atoms with Crippen LogP contribution in [0.5, 0.6) is 0 Å². The summed E-state index contributed by atoms with van der Waals surface area (Å²) >= 11 is -0.0678. The second kappa shape index (κ2) is 18.4. The predicted molar refractivity (Wildman–Crippen MR) is 163 cm³/mol. The zero-order chi connectivity index (χ0) is 31.9. The van der Waals surface area contributed by atoms with Crippen LogP contribution in [-0.2, 0) is 28.9 Å². The average molecular weight is 790 g/mol. The molecule has 2 atom stereocenters. The zero-order valence-electron chi connectivity index (χ0n) is 22.2. The van der Waals surface area contributed by atoms with Crippen LogP contribution in [0, 0.1) is 3.57 Å². The van der Waals surface area contributed by atoms with Crippen LogP contribution in [0.4, 0.5) is 5.69 Å². The van der Waals surface area contributed by atoms with Crippen LogP contribution in [0.1, 0.15) is 23.2 Å². The van der Waals surface area contributed by atoms with Gasteiger partial charge in [0.25, 0.3) is 5.91 Å². The molecule has 0 aliphatic heterocycles. The van der Waals surface area contributed by atoms with Crippen molar-refractivity contribution < 1.29 is 52.2 Å². The van der Waals surface area contributed by atoms with Gasteiger partial charge in [-0.3, -0.25) is 19.3 Å². The third-order valence-corrected chi connectivity index (χ3v) is 8.69. The third kappa shape index (κ3) is 13.3. The summed E-state index contributed by atoms with van der Waals surface area (Å²) in [6.07, 6.45) is -0.712. The van der Waals surface area contributed by atoms with Crippen molar-refractivity contribution in [2.75, 3.05) is 23.4 Å². The van der Waals surface area contributed by atoms with Crippen molar-refractivity contribution in [3.63, 3.8) is 0 Å². The van der Waals surface area contributed by atoms with E-state index in [-0.39, 0.29) is 23.5 Å². The van der Waals surface area contributed by atoms with E-state index in [4.69, 9.17) is 10.4 Å². The molecule has 0 radical (unpaired) electrons. The molecular weight excluding hydrogens is 762 g/mol. The second-order valence-electron chi connectivity index (χ2n) is 8.62. The number of amides is 4. The molecule has 18 heteroatoms. The number of aliphatic carboxylic acids is 1. The second-order valence-corrected chi connectivity index (χ2v) is 13.2. The Morgan fingerprint density at radius 1 is 0.953 bits per heavy atom. The smallest absolute Gasteiger partial charge is 0.338 e. The van der Waals surface area contributed by atoms with Crippen LogP contribution in [-0.4, -0.2) is 99.6 Å². The van der Waals surface area contributed by atoms with Crippen molar-refractivity contribution in [3.8, 4) is 0 Å². The van der Waals surface area contributed by atoms with Gasteiger partial charge in [-0.1, -0.05) is 6.07 Å². The predicted octanol–water partition coefficient (Wildman–Crippen LogP) is -1.08. The van der Waals surface area contributed by atoms with E-state index in [0.717, 1.165) is 15.3 Å². The van der Waals surface area contributed by atoms with E-state index in [1.165, 1.54) is 30.3 Å². The van der Waals surface area contributed by atoms with Gasteiger partial charge in [0.2, 0.25) is 0 Å². The maximum absolute atomic E-state index is 12.7. The molecule has 15 nitrogen and oxygen atoms in total. The molecule has 0 fully saturated rings. The Hall–Kier alpha value is -3.22. The number of anilines is 1. The molecule has 2 aromatic rings. The Balaban J connectivity index is 1.96. The number of carboxylic acids is 1. The zero-order valence-corrected chi connectivity index (χ0v) is 27.0. The fraction of sp³-hybridized carbons (Fsp3) is 0.280. The first-order chi connectivity index (χ1) is 20.4. The molecule has 2 aromatic carbocycles. The van der Waals surface area contributed by atoms with Gasteiger partial charge in [-0.15, -0.1) is 0 Å². The summed E-state index contributed by atoms with van der Waals surface area (Å²) in [5, 5.41) is 27.2. The molecule has 8 N–H and O–H groups in total. The molecule has 0 unspecified atom stereocenters. The Labute approximate surface area is 268 Å². The van der Waals surface area contributed by atoms with Crippen LogP contribution in [0.2, 0.25) is 0 Å². The fourth-order valence-corrected chi connectivity index (χ4v) is 5.60. The number of carboxylic acid groups (broad SMARTS) is 1. The van der Waals surface area contributed by atoms with Crippen LogP contribution in [0.25, 0.3) is 0 Å². The van der Waals surface area contributed by atoms with Gasteiger partial charge in [0.15, 0.2) is 0 Å². The van der Waals surface area contributed by atoms with Gasteiger partial charge in [0.1, 0.15) is 12.6 Å². The molecule has 232 valence electrons. The van der Waals surface area contributed by atoms with Crippen molar-refractivity contribution in [1.29, 1.82) is 0 Å². The minimum atomic E-state index is -3.03. The van der Waals surface area contributed by atoms with Gasteiger partial charge >= 0.3 is 142 Å². The minimum Gasteiger partial charge on any atom is -0.338 e. The molecule has 0 saturated carbocycles. The molecule has 0 aromatic heterocycles. The van der Waals surface area contributed by atoms with Crippen molar-refractivity contribution >= 4 is 95.3 Å². The number of hydrogen-bond acceptors (Lipinski definition) is 11. The van der Waals surface area contributed by atoms with Gasteiger partial charge < -0.3 is 10.4 Å². The summed E-state index contributed by atoms with van der Waals surface area (Å²) in [4.78, 5) is 76.7. The molecule has 0 bridgehead atoms. The fourth-order valence-electron chi connectivity index (χ4n) is 3.34.